The van der Waals surface area contributed by atoms with Crippen molar-refractivity contribution >= 4 is 12.0 Å². The van der Waals surface area contributed by atoms with E-state index in [1.165, 1.54) is 7.11 Å². The third kappa shape index (κ3) is 3.61. The molecular weight excluding hydrogens is 298 g/mol. The molecule has 0 spiro atoms. The number of benzene rings is 1. The molecule has 23 heavy (non-hydrogen) atoms. The van der Waals surface area contributed by atoms with Gasteiger partial charge in [0.15, 0.2) is 0 Å². The van der Waals surface area contributed by atoms with Crippen molar-refractivity contribution in [2.45, 2.75) is 19.4 Å². The number of ether oxygens (including phenoxy) is 2. The number of nitrogens with zero attached hydrogens (tertiary/aromatic N) is 1. The van der Waals surface area contributed by atoms with E-state index in [-0.39, 0.29) is 18.6 Å². The summed E-state index contributed by atoms with van der Waals surface area (Å²) in [5.41, 5.74) is 1.34. The molecule has 0 radical (unpaired) electrons. The van der Waals surface area contributed by atoms with Crippen LogP contribution in [0, 0.1) is 11.3 Å². The van der Waals surface area contributed by atoms with Crippen LogP contribution in [0.3, 0.4) is 0 Å². The summed E-state index contributed by atoms with van der Waals surface area (Å²) in [5.74, 6) is -0.0315. The van der Waals surface area contributed by atoms with Gasteiger partial charge >= 0.3 is 12.0 Å². The van der Waals surface area contributed by atoms with Crippen LogP contribution < -0.4 is 15.4 Å². The Bertz CT molecular complexity index is 691. The lowest BCUT2D eigenvalue weighted by atomic mass is 9.95. The summed E-state index contributed by atoms with van der Waals surface area (Å²) < 4.78 is 10.4. The Balaban J connectivity index is 2.38. The molecule has 1 atom stereocenters. The Morgan fingerprint density at radius 1 is 1.39 bits per heavy atom. The highest BCUT2D eigenvalue weighted by atomic mass is 16.5. The van der Waals surface area contributed by atoms with Crippen molar-refractivity contribution in [3.8, 4) is 11.8 Å². The van der Waals surface area contributed by atoms with Crippen molar-refractivity contribution in [3.63, 3.8) is 0 Å². The highest BCUT2D eigenvalue weighted by Crippen LogP contribution is 2.33. The standard InChI is InChI=1S/C16H17N3O4/c1-10-13(15(20)23-9-5-8-17)14(19-16(21)18-10)11-6-3-4-7-12(11)22-2/h3-4,6-7,14H,5,9H2,1-2H3,(H2,18,19,21)/t14-/m1/s1. The van der Waals surface area contributed by atoms with Crippen LogP contribution in [0.15, 0.2) is 35.5 Å². The lowest BCUT2D eigenvalue weighted by Crippen LogP contribution is -2.45. The lowest BCUT2D eigenvalue weighted by Gasteiger charge is -2.28. The maximum Gasteiger partial charge on any atom is 0.338 e. The number of rotatable bonds is 5. The van der Waals surface area contributed by atoms with Crippen molar-refractivity contribution in [2.24, 2.45) is 0 Å². The van der Waals surface area contributed by atoms with Gasteiger partial charge in [-0.2, -0.15) is 5.26 Å². The minimum atomic E-state index is -0.686. The normalized spacial score (nSPS) is 16.9. The predicted molar refractivity (Wildman–Crippen MR) is 81.3 cm³/mol. The van der Waals surface area contributed by atoms with Crippen molar-refractivity contribution in [1.82, 2.24) is 10.6 Å². The van der Waals surface area contributed by atoms with E-state index in [1.807, 2.05) is 6.07 Å². The van der Waals surface area contributed by atoms with Crippen LogP contribution in [0.5, 0.6) is 5.75 Å². The number of amides is 2. The molecular formula is C16H17N3O4. The molecule has 2 amide bonds. The molecule has 0 saturated heterocycles. The van der Waals surface area contributed by atoms with Gasteiger partial charge in [0.25, 0.3) is 0 Å². The Labute approximate surface area is 133 Å². The predicted octanol–water partition coefficient (Wildman–Crippen LogP) is 1.78. The molecule has 7 heteroatoms. The SMILES string of the molecule is COc1ccccc1[C@H]1NC(=O)NC(C)=C1C(=O)OCCC#N. The number of methoxy groups -OCH3 is 1. The van der Waals surface area contributed by atoms with Gasteiger partial charge in [-0.1, -0.05) is 18.2 Å². The molecule has 0 aliphatic carbocycles. The first-order chi connectivity index (χ1) is 11.1. The van der Waals surface area contributed by atoms with E-state index in [1.54, 1.807) is 31.2 Å². The Morgan fingerprint density at radius 2 is 2.13 bits per heavy atom. The zero-order valence-corrected chi connectivity index (χ0v) is 12.9. The first-order valence-corrected chi connectivity index (χ1v) is 7.03. The molecule has 0 unspecified atom stereocenters. The zero-order chi connectivity index (χ0) is 16.8. The van der Waals surface area contributed by atoms with Gasteiger partial charge in [-0.05, 0) is 13.0 Å². The first-order valence-electron chi connectivity index (χ1n) is 7.03. The fourth-order valence-electron chi connectivity index (χ4n) is 2.37. The van der Waals surface area contributed by atoms with Gasteiger partial charge in [0.2, 0.25) is 0 Å². The van der Waals surface area contributed by atoms with Gasteiger partial charge < -0.3 is 20.1 Å². The minimum Gasteiger partial charge on any atom is -0.496 e. The van der Waals surface area contributed by atoms with Crippen LogP contribution in [0.25, 0.3) is 0 Å². The van der Waals surface area contributed by atoms with E-state index >= 15 is 0 Å². The van der Waals surface area contributed by atoms with Crippen LogP contribution in [0.1, 0.15) is 24.9 Å². The number of urea groups is 1. The van der Waals surface area contributed by atoms with E-state index in [4.69, 9.17) is 14.7 Å². The number of carbonyl (C=O) groups is 2. The second-order valence-electron chi connectivity index (χ2n) is 4.86. The van der Waals surface area contributed by atoms with Gasteiger partial charge in [-0.3, -0.25) is 0 Å². The summed E-state index contributed by atoms with van der Waals surface area (Å²) in [6, 6.07) is 7.92. The van der Waals surface area contributed by atoms with Crippen LogP contribution in [-0.2, 0) is 9.53 Å². The summed E-state index contributed by atoms with van der Waals surface area (Å²) in [7, 11) is 1.52. The van der Waals surface area contributed by atoms with Gasteiger partial charge in [0.1, 0.15) is 12.4 Å². The number of esters is 1. The van der Waals surface area contributed by atoms with E-state index in [0.717, 1.165) is 0 Å². The second-order valence-corrected chi connectivity index (χ2v) is 4.86. The number of hydrogen-bond donors (Lipinski definition) is 2. The summed E-state index contributed by atoms with van der Waals surface area (Å²) in [6.07, 6.45) is 0.108. The van der Waals surface area contributed by atoms with E-state index in [9.17, 15) is 9.59 Å². The quantitative estimate of drug-likeness (QED) is 0.637. The van der Waals surface area contributed by atoms with Crippen LogP contribution >= 0.6 is 0 Å². The van der Waals surface area contributed by atoms with E-state index < -0.39 is 18.0 Å². The zero-order valence-electron chi connectivity index (χ0n) is 12.9. The molecule has 7 nitrogen and oxygen atoms in total. The molecule has 0 fully saturated rings. The number of hydrogen-bond acceptors (Lipinski definition) is 5. The third-order valence-electron chi connectivity index (χ3n) is 3.39. The lowest BCUT2D eigenvalue weighted by molar-refractivity contribution is -0.139. The molecule has 0 bridgehead atoms. The largest absolute Gasteiger partial charge is 0.496 e. The average molecular weight is 315 g/mol. The molecule has 1 aromatic carbocycles. The molecule has 1 heterocycles. The Kier molecular flexibility index (Phi) is 5.20. The molecule has 0 aromatic heterocycles. The number of nitriles is 1. The number of para-hydroxylation sites is 1. The fraction of sp³-hybridized carbons (Fsp3) is 0.312. The highest BCUT2D eigenvalue weighted by Gasteiger charge is 2.33. The molecule has 0 saturated carbocycles. The number of nitrogens with one attached hydrogen (secondary N) is 2. The van der Waals surface area contributed by atoms with E-state index in [2.05, 4.69) is 10.6 Å². The van der Waals surface area contributed by atoms with Crippen LogP contribution in [0.2, 0.25) is 0 Å². The summed E-state index contributed by atoms with van der Waals surface area (Å²) >= 11 is 0. The maximum atomic E-state index is 12.4. The van der Waals surface area contributed by atoms with E-state index in [0.29, 0.717) is 17.0 Å². The third-order valence-corrected chi connectivity index (χ3v) is 3.39. The molecule has 1 aliphatic rings. The Morgan fingerprint density at radius 3 is 2.83 bits per heavy atom. The molecule has 2 rings (SSSR count). The van der Waals surface area contributed by atoms with Gasteiger partial charge in [-0.25, -0.2) is 9.59 Å². The maximum absolute atomic E-state index is 12.4. The van der Waals surface area contributed by atoms with Crippen molar-refractivity contribution in [1.29, 1.82) is 5.26 Å². The summed E-state index contributed by atoms with van der Waals surface area (Å²) in [5, 5.41) is 13.8. The van der Waals surface area contributed by atoms with Crippen molar-refractivity contribution < 1.29 is 19.1 Å². The summed E-state index contributed by atoms with van der Waals surface area (Å²) in [6.45, 7) is 1.63. The Hall–Kier alpha value is -3.01. The monoisotopic (exact) mass is 315 g/mol. The van der Waals surface area contributed by atoms with Gasteiger partial charge in [-0.15, -0.1) is 0 Å². The molecule has 120 valence electrons. The molecule has 1 aliphatic heterocycles. The van der Waals surface area contributed by atoms with Gasteiger partial charge in [0.05, 0.1) is 31.2 Å². The fourth-order valence-corrected chi connectivity index (χ4v) is 2.37. The average Bonchev–Trinajstić information content (AvgIpc) is 2.54. The summed E-state index contributed by atoms with van der Waals surface area (Å²) in [4.78, 5) is 24.1. The van der Waals surface area contributed by atoms with Crippen molar-refractivity contribution in [2.75, 3.05) is 13.7 Å². The van der Waals surface area contributed by atoms with Gasteiger partial charge in [0, 0.05) is 11.3 Å². The molecule has 2 N–H and O–H groups in total. The first kappa shape index (κ1) is 16.4. The number of carbonyl (C=O) groups excluding carboxylic acids is 2. The minimum absolute atomic E-state index is 0.00129. The van der Waals surface area contributed by atoms with Crippen LogP contribution in [-0.4, -0.2) is 25.7 Å². The van der Waals surface area contributed by atoms with Crippen LogP contribution in [0.4, 0.5) is 4.79 Å². The smallest absolute Gasteiger partial charge is 0.338 e. The highest BCUT2D eigenvalue weighted by molar-refractivity contribution is 5.95. The number of allylic oxidation sites excluding steroid dienone is 1. The molecule has 1 aromatic rings. The topological polar surface area (TPSA) is 100 Å². The second kappa shape index (κ2) is 7.31. The van der Waals surface area contributed by atoms with Crippen molar-refractivity contribution in [3.05, 3.63) is 41.1 Å².